The third kappa shape index (κ3) is 5.70. The van der Waals surface area contributed by atoms with Crippen molar-refractivity contribution in [1.29, 1.82) is 0 Å². The Morgan fingerprint density at radius 1 is 0.833 bits per heavy atom. The second-order valence-corrected chi connectivity index (χ2v) is 14.1. The Morgan fingerprint density at radius 3 is 2.00 bits per heavy atom. The van der Waals surface area contributed by atoms with E-state index in [-0.39, 0.29) is 0 Å². The molecular formula is C29H34Si. The Kier molecular flexibility index (Phi) is 7.28. The highest BCUT2D eigenvalue weighted by molar-refractivity contribution is 6.88. The lowest BCUT2D eigenvalue weighted by atomic mass is 9.96. The standard InChI is InChI=1S/C29H34Si/c1-6-7-11-25(14-13-24-12-9-8-10-23(24)2)26-15-17-27(18-16-26)28-19-21-29(22-20-28)30(3,4)5/h8-10,12-22H,2,6-7,11H2,1,3-5H3/b24-13-,25-14+. The van der Waals surface area contributed by atoms with E-state index in [9.17, 15) is 0 Å². The summed E-state index contributed by atoms with van der Waals surface area (Å²) in [4.78, 5) is 0. The van der Waals surface area contributed by atoms with Gasteiger partial charge in [0.05, 0.1) is 8.07 Å². The molecule has 0 amide bonds. The molecule has 0 N–H and O–H groups in total. The van der Waals surface area contributed by atoms with Gasteiger partial charge in [-0.3, -0.25) is 0 Å². The zero-order chi connectivity index (χ0) is 21.6. The summed E-state index contributed by atoms with van der Waals surface area (Å²) in [5, 5.41) is 3.76. The van der Waals surface area contributed by atoms with E-state index in [4.69, 9.17) is 0 Å². The van der Waals surface area contributed by atoms with Crippen molar-refractivity contribution in [2.24, 2.45) is 0 Å². The normalized spacial score (nSPS) is 12.9. The average Bonchev–Trinajstić information content (AvgIpc) is 2.75. The van der Waals surface area contributed by atoms with Crippen LogP contribution in [-0.2, 0) is 0 Å². The Bertz CT molecular complexity index is 1090. The summed E-state index contributed by atoms with van der Waals surface area (Å²) in [6.07, 6.45) is 7.97. The molecule has 0 aromatic heterocycles. The van der Waals surface area contributed by atoms with Crippen molar-refractivity contribution in [3.8, 4) is 11.1 Å². The molecule has 0 saturated heterocycles. The minimum absolute atomic E-state index is 1.07. The van der Waals surface area contributed by atoms with Crippen LogP contribution in [0.25, 0.3) is 29.4 Å². The van der Waals surface area contributed by atoms with Gasteiger partial charge < -0.3 is 0 Å². The lowest BCUT2D eigenvalue weighted by Crippen LogP contribution is -2.37. The van der Waals surface area contributed by atoms with Crippen LogP contribution in [0.5, 0.6) is 0 Å². The summed E-state index contributed by atoms with van der Waals surface area (Å²) in [7, 11) is -1.25. The first-order valence-electron chi connectivity index (χ1n) is 11.0. The van der Waals surface area contributed by atoms with Crippen molar-refractivity contribution in [2.75, 3.05) is 0 Å². The molecule has 0 saturated carbocycles. The molecule has 0 atom stereocenters. The highest BCUT2D eigenvalue weighted by atomic mass is 28.3. The van der Waals surface area contributed by atoms with Crippen molar-refractivity contribution >= 4 is 31.5 Å². The molecule has 0 aliphatic heterocycles. The van der Waals surface area contributed by atoms with E-state index in [1.165, 1.54) is 45.5 Å². The quantitative estimate of drug-likeness (QED) is 0.397. The van der Waals surface area contributed by atoms with Crippen LogP contribution in [0.1, 0.15) is 31.7 Å². The van der Waals surface area contributed by atoms with E-state index in [2.05, 4.69) is 112 Å². The van der Waals surface area contributed by atoms with Crippen molar-refractivity contribution < 1.29 is 0 Å². The SMILES string of the molecule is C=c1cccc/c1=C/C=C(\CCCC)c1ccc(-c2ccc([Si](C)(C)C)cc2)cc1. The van der Waals surface area contributed by atoms with Crippen molar-refractivity contribution in [2.45, 2.75) is 45.8 Å². The molecule has 1 heteroatoms. The van der Waals surface area contributed by atoms with Gasteiger partial charge >= 0.3 is 0 Å². The van der Waals surface area contributed by atoms with Crippen LogP contribution < -0.4 is 15.6 Å². The van der Waals surface area contributed by atoms with Gasteiger partial charge in [-0.15, -0.1) is 0 Å². The summed E-state index contributed by atoms with van der Waals surface area (Å²) in [5.41, 5.74) is 5.27. The van der Waals surface area contributed by atoms with Crippen molar-refractivity contribution in [3.05, 3.63) is 94.9 Å². The van der Waals surface area contributed by atoms with Gasteiger partial charge in [0, 0.05) is 0 Å². The maximum Gasteiger partial charge on any atom is 0.0775 e. The topological polar surface area (TPSA) is 0 Å². The Hall–Kier alpha value is -2.64. The van der Waals surface area contributed by atoms with E-state index < -0.39 is 8.07 Å². The fourth-order valence-electron chi connectivity index (χ4n) is 3.62. The second-order valence-electron chi connectivity index (χ2n) is 9.07. The predicted octanol–water partition coefficient (Wildman–Crippen LogP) is 6.36. The maximum absolute atomic E-state index is 4.14. The third-order valence-corrected chi connectivity index (χ3v) is 7.72. The maximum atomic E-state index is 4.14. The van der Waals surface area contributed by atoms with Gasteiger partial charge in [-0.25, -0.2) is 0 Å². The first-order chi connectivity index (χ1) is 14.4. The summed E-state index contributed by atoms with van der Waals surface area (Å²) >= 11 is 0. The minimum Gasteiger partial charge on any atom is -0.0912 e. The van der Waals surface area contributed by atoms with Gasteiger partial charge in [0.2, 0.25) is 0 Å². The second kappa shape index (κ2) is 9.91. The highest BCUT2D eigenvalue weighted by Gasteiger charge is 2.15. The molecule has 3 rings (SSSR count). The van der Waals surface area contributed by atoms with Crippen molar-refractivity contribution in [1.82, 2.24) is 0 Å². The summed E-state index contributed by atoms with van der Waals surface area (Å²) < 4.78 is 0. The largest absolute Gasteiger partial charge is 0.0912 e. The average molecular weight is 411 g/mol. The van der Waals surface area contributed by atoms with Gasteiger partial charge in [0.15, 0.2) is 0 Å². The summed E-state index contributed by atoms with van der Waals surface area (Å²) in [6.45, 7) is 13.6. The third-order valence-electron chi connectivity index (χ3n) is 5.66. The van der Waals surface area contributed by atoms with E-state index in [0.717, 1.165) is 11.6 Å². The molecule has 0 nitrogen and oxygen atoms in total. The number of rotatable bonds is 7. The first kappa shape index (κ1) is 22.1. The number of hydrogen-bond acceptors (Lipinski definition) is 0. The van der Waals surface area contributed by atoms with E-state index >= 15 is 0 Å². The van der Waals surface area contributed by atoms with Crippen molar-refractivity contribution in [3.63, 3.8) is 0 Å². The van der Waals surface area contributed by atoms with Crippen LogP contribution >= 0.6 is 0 Å². The zero-order valence-electron chi connectivity index (χ0n) is 18.9. The number of hydrogen-bond donors (Lipinski definition) is 0. The lowest BCUT2D eigenvalue weighted by Gasteiger charge is -2.17. The Morgan fingerprint density at radius 2 is 1.43 bits per heavy atom. The van der Waals surface area contributed by atoms with Crippen LogP contribution in [0.2, 0.25) is 19.6 Å². The number of unbranched alkanes of at least 4 members (excludes halogenated alkanes) is 1. The first-order valence-corrected chi connectivity index (χ1v) is 14.5. The van der Waals surface area contributed by atoms with Crippen LogP contribution in [0.4, 0.5) is 0 Å². The van der Waals surface area contributed by atoms with Gasteiger partial charge in [0.1, 0.15) is 0 Å². The molecule has 0 fully saturated rings. The summed E-state index contributed by atoms with van der Waals surface area (Å²) in [5.74, 6) is 0. The zero-order valence-corrected chi connectivity index (χ0v) is 19.9. The molecule has 0 spiro atoms. The van der Waals surface area contributed by atoms with Gasteiger partial charge in [-0.2, -0.15) is 0 Å². The molecule has 0 aliphatic rings. The van der Waals surface area contributed by atoms with Crippen LogP contribution in [0, 0.1) is 0 Å². The molecule has 0 radical (unpaired) electrons. The highest BCUT2D eigenvalue weighted by Crippen LogP contribution is 2.25. The van der Waals surface area contributed by atoms with Crippen LogP contribution in [0.15, 0.2) is 78.9 Å². The van der Waals surface area contributed by atoms with E-state index in [1.807, 2.05) is 6.07 Å². The van der Waals surface area contributed by atoms with Crippen LogP contribution in [0.3, 0.4) is 0 Å². The summed E-state index contributed by atoms with van der Waals surface area (Å²) in [6, 6.07) is 26.5. The van der Waals surface area contributed by atoms with Crippen LogP contribution in [-0.4, -0.2) is 8.07 Å². The molecule has 30 heavy (non-hydrogen) atoms. The lowest BCUT2D eigenvalue weighted by molar-refractivity contribution is 0.824. The van der Waals surface area contributed by atoms with Gasteiger partial charge in [-0.1, -0.05) is 130 Å². The molecule has 0 heterocycles. The van der Waals surface area contributed by atoms with E-state index in [0.29, 0.717) is 0 Å². The molecule has 154 valence electrons. The van der Waals surface area contributed by atoms with Gasteiger partial charge in [-0.05, 0) is 45.5 Å². The molecule has 3 aromatic carbocycles. The fraction of sp³-hybridized carbons (Fsp3) is 0.241. The monoisotopic (exact) mass is 410 g/mol. The minimum atomic E-state index is -1.25. The number of allylic oxidation sites excluding steroid dienone is 2. The van der Waals surface area contributed by atoms with Gasteiger partial charge in [0.25, 0.3) is 0 Å². The molecule has 0 aliphatic carbocycles. The smallest absolute Gasteiger partial charge is 0.0775 e. The molecule has 3 aromatic rings. The predicted molar refractivity (Wildman–Crippen MR) is 138 cm³/mol. The molecule has 0 bridgehead atoms. The molecule has 0 unspecified atom stereocenters. The fourth-order valence-corrected chi connectivity index (χ4v) is 4.78. The molecular weight excluding hydrogens is 376 g/mol. The number of benzene rings is 3. The Labute approximate surface area is 183 Å². The van der Waals surface area contributed by atoms with E-state index in [1.54, 1.807) is 0 Å². The Balaban J connectivity index is 1.89.